The molecular formula is C54H34N4. The average molecular weight is 739 g/mol. The second-order valence-corrected chi connectivity index (χ2v) is 15.0. The lowest BCUT2D eigenvalue weighted by Crippen LogP contribution is -2.04. The topological polar surface area (TPSA) is 35.6 Å². The molecule has 0 fully saturated rings. The lowest BCUT2D eigenvalue weighted by atomic mass is 9.97. The van der Waals surface area contributed by atoms with Crippen molar-refractivity contribution in [1.29, 1.82) is 0 Å². The van der Waals surface area contributed by atoms with Gasteiger partial charge in [0.05, 0.1) is 33.1 Å². The largest absolute Gasteiger partial charge is 0.309 e. The highest BCUT2D eigenvalue weighted by Gasteiger charge is 2.23. The standard InChI is InChI=1S/C54H34N4/c1-3-14-35(15-4-1)36-26-28-38(29-27-36)52-54(56-47-23-11-10-22-46(47)55-52)58-50-25-13-21-41(51(50)44-32-30-37-16-7-8-19-42(37)53(44)58)39-31-33-49-45(34-39)43-20-9-12-24-48(43)57(49)40-17-5-2-6-18-40/h1-34H. The number of hydrogen-bond donors (Lipinski definition) is 0. The van der Waals surface area contributed by atoms with Crippen molar-refractivity contribution in [2.45, 2.75) is 0 Å². The van der Waals surface area contributed by atoms with Crippen LogP contribution >= 0.6 is 0 Å². The van der Waals surface area contributed by atoms with E-state index in [-0.39, 0.29) is 0 Å². The van der Waals surface area contributed by atoms with Crippen LogP contribution in [-0.4, -0.2) is 19.1 Å². The minimum Gasteiger partial charge on any atom is -0.309 e. The smallest absolute Gasteiger partial charge is 0.165 e. The molecule has 12 aromatic rings. The Bertz CT molecular complexity index is 3540. The van der Waals surface area contributed by atoms with Crippen molar-refractivity contribution >= 4 is 65.4 Å². The molecule has 0 radical (unpaired) electrons. The molecule has 0 N–H and O–H groups in total. The van der Waals surface area contributed by atoms with Crippen LogP contribution in [0.2, 0.25) is 0 Å². The number of hydrogen-bond acceptors (Lipinski definition) is 2. The quantitative estimate of drug-likeness (QED) is 0.176. The van der Waals surface area contributed by atoms with Crippen molar-refractivity contribution in [3.63, 3.8) is 0 Å². The van der Waals surface area contributed by atoms with Gasteiger partial charge in [-0.15, -0.1) is 0 Å². The van der Waals surface area contributed by atoms with Crippen LogP contribution in [0.25, 0.3) is 110 Å². The van der Waals surface area contributed by atoms with E-state index in [1.807, 2.05) is 12.1 Å². The SMILES string of the molecule is c1ccc(-c2ccc(-c3nc4ccccc4nc3-n3c4cccc(-c5ccc6c(c5)c5ccccc5n6-c5ccccc5)c4c4ccc5ccccc5c43)cc2)cc1. The summed E-state index contributed by atoms with van der Waals surface area (Å²) in [5, 5.41) is 7.18. The molecule has 9 aromatic carbocycles. The monoisotopic (exact) mass is 738 g/mol. The van der Waals surface area contributed by atoms with Crippen LogP contribution in [0.5, 0.6) is 0 Å². The molecule has 12 rings (SSSR count). The average Bonchev–Trinajstić information content (AvgIpc) is 3.82. The summed E-state index contributed by atoms with van der Waals surface area (Å²) in [6.07, 6.45) is 0. The first kappa shape index (κ1) is 32.4. The van der Waals surface area contributed by atoms with Gasteiger partial charge in [0.25, 0.3) is 0 Å². The zero-order chi connectivity index (χ0) is 38.2. The first-order valence-corrected chi connectivity index (χ1v) is 19.8. The number of aromatic nitrogens is 4. The van der Waals surface area contributed by atoms with E-state index in [2.05, 4.69) is 203 Å². The van der Waals surface area contributed by atoms with Crippen LogP contribution in [0.15, 0.2) is 206 Å². The maximum atomic E-state index is 5.49. The van der Waals surface area contributed by atoms with E-state index in [0.717, 1.165) is 50.4 Å². The van der Waals surface area contributed by atoms with Gasteiger partial charge in [-0.3, -0.25) is 4.57 Å². The molecule has 0 aliphatic carbocycles. The second kappa shape index (κ2) is 12.9. The zero-order valence-corrected chi connectivity index (χ0v) is 31.4. The fourth-order valence-electron chi connectivity index (χ4n) is 9.08. The van der Waals surface area contributed by atoms with Gasteiger partial charge in [0, 0.05) is 38.2 Å². The van der Waals surface area contributed by atoms with Crippen molar-refractivity contribution < 1.29 is 0 Å². The lowest BCUT2D eigenvalue weighted by molar-refractivity contribution is 1.08. The summed E-state index contributed by atoms with van der Waals surface area (Å²) in [7, 11) is 0. The van der Waals surface area contributed by atoms with E-state index >= 15 is 0 Å². The third kappa shape index (κ3) is 4.95. The molecule has 0 saturated heterocycles. The minimum absolute atomic E-state index is 0.807. The van der Waals surface area contributed by atoms with Gasteiger partial charge >= 0.3 is 0 Å². The Morgan fingerprint density at radius 1 is 0.345 bits per heavy atom. The predicted octanol–water partition coefficient (Wildman–Crippen LogP) is 14.0. The van der Waals surface area contributed by atoms with Crippen LogP contribution in [-0.2, 0) is 0 Å². The van der Waals surface area contributed by atoms with Crippen LogP contribution in [0.1, 0.15) is 0 Å². The van der Waals surface area contributed by atoms with Gasteiger partial charge in [-0.1, -0.05) is 158 Å². The van der Waals surface area contributed by atoms with Crippen molar-refractivity contribution in [3.05, 3.63) is 206 Å². The highest BCUT2D eigenvalue weighted by atomic mass is 15.1. The van der Waals surface area contributed by atoms with Gasteiger partial charge in [-0.2, -0.15) is 0 Å². The van der Waals surface area contributed by atoms with E-state index < -0.39 is 0 Å². The predicted molar refractivity (Wildman–Crippen MR) is 242 cm³/mol. The highest BCUT2D eigenvalue weighted by molar-refractivity contribution is 6.23. The van der Waals surface area contributed by atoms with Gasteiger partial charge in [0.2, 0.25) is 0 Å². The summed E-state index contributed by atoms with van der Waals surface area (Å²) in [6.45, 7) is 0. The molecule has 0 unspecified atom stereocenters. The Morgan fingerprint density at radius 2 is 0.966 bits per heavy atom. The summed E-state index contributed by atoms with van der Waals surface area (Å²) in [5.74, 6) is 0.807. The molecule has 0 atom stereocenters. The summed E-state index contributed by atoms with van der Waals surface area (Å²) >= 11 is 0. The van der Waals surface area contributed by atoms with Gasteiger partial charge in [0.15, 0.2) is 5.82 Å². The summed E-state index contributed by atoms with van der Waals surface area (Å²) in [5.41, 5.74) is 14.0. The number of fused-ring (bicyclic) bond motifs is 9. The molecule has 3 aromatic heterocycles. The zero-order valence-electron chi connectivity index (χ0n) is 31.4. The summed E-state index contributed by atoms with van der Waals surface area (Å²) < 4.78 is 4.75. The van der Waals surface area contributed by atoms with Gasteiger partial charge in [-0.05, 0) is 76.2 Å². The fraction of sp³-hybridized carbons (Fsp3) is 0. The Morgan fingerprint density at radius 3 is 1.79 bits per heavy atom. The number of nitrogens with zero attached hydrogens (tertiary/aromatic N) is 4. The third-order valence-electron chi connectivity index (χ3n) is 11.7. The van der Waals surface area contributed by atoms with Crippen LogP contribution < -0.4 is 0 Å². The van der Waals surface area contributed by atoms with Gasteiger partial charge < -0.3 is 4.57 Å². The second-order valence-electron chi connectivity index (χ2n) is 15.0. The molecule has 4 nitrogen and oxygen atoms in total. The molecule has 270 valence electrons. The molecule has 0 aliphatic rings. The maximum Gasteiger partial charge on any atom is 0.165 e. The Kier molecular flexibility index (Phi) is 7.20. The number of rotatable bonds is 5. The van der Waals surface area contributed by atoms with Crippen LogP contribution in [0, 0.1) is 0 Å². The van der Waals surface area contributed by atoms with E-state index in [1.165, 1.54) is 60.0 Å². The maximum absolute atomic E-state index is 5.49. The van der Waals surface area contributed by atoms with Crippen LogP contribution in [0.4, 0.5) is 0 Å². The van der Waals surface area contributed by atoms with E-state index in [1.54, 1.807) is 0 Å². The fourth-order valence-corrected chi connectivity index (χ4v) is 9.08. The Balaban J connectivity index is 1.15. The number of para-hydroxylation sites is 4. The Labute approximate surface area is 334 Å². The van der Waals surface area contributed by atoms with E-state index in [9.17, 15) is 0 Å². The Hall–Kier alpha value is -7.82. The van der Waals surface area contributed by atoms with Crippen molar-refractivity contribution in [1.82, 2.24) is 19.1 Å². The molecule has 0 aliphatic heterocycles. The lowest BCUT2D eigenvalue weighted by Gasteiger charge is -2.15. The van der Waals surface area contributed by atoms with E-state index in [0.29, 0.717) is 0 Å². The van der Waals surface area contributed by atoms with Gasteiger partial charge in [0.1, 0.15) is 5.69 Å². The molecule has 4 heteroatoms. The van der Waals surface area contributed by atoms with E-state index in [4.69, 9.17) is 9.97 Å². The van der Waals surface area contributed by atoms with Crippen molar-refractivity contribution in [3.8, 4) is 45.0 Å². The first-order valence-electron chi connectivity index (χ1n) is 19.8. The first-order chi connectivity index (χ1) is 28.8. The third-order valence-corrected chi connectivity index (χ3v) is 11.7. The van der Waals surface area contributed by atoms with Crippen molar-refractivity contribution in [2.24, 2.45) is 0 Å². The number of benzene rings is 9. The molecule has 0 bridgehead atoms. The molecule has 0 spiro atoms. The molecular weight excluding hydrogens is 705 g/mol. The van der Waals surface area contributed by atoms with Crippen LogP contribution in [0.3, 0.4) is 0 Å². The van der Waals surface area contributed by atoms with Gasteiger partial charge in [-0.25, -0.2) is 9.97 Å². The van der Waals surface area contributed by atoms with Crippen molar-refractivity contribution in [2.75, 3.05) is 0 Å². The molecule has 3 heterocycles. The summed E-state index contributed by atoms with van der Waals surface area (Å²) in [4.78, 5) is 10.9. The molecule has 58 heavy (non-hydrogen) atoms. The molecule has 0 saturated carbocycles. The normalized spacial score (nSPS) is 11.8. The minimum atomic E-state index is 0.807. The summed E-state index contributed by atoms with van der Waals surface area (Å²) in [6, 6.07) is 73.7. The molecule has 0 amide bonds. The highest BCUT2D eigenvalue weighted by Crippen LogP contribution is 2.44.